The monoisotopic (exact) mass is 306 g/mol. The van der Waals surface area contributed by atoms with Gasteiger partial charge in [0.05, 0.1) is 5.57 Å². The predicted octanol–water partition coefficient (Wildman–Crippen LogP) is 3.18. The van der Waals surface area contributed by atoms with Crippen molar-refractivity contribution in [1.29, 1.82) is 0 Å². The van der Waals surface area contributed by atoms with Crippen molar-refractivity contribution in [1.82, 2.24) is 0 Å². The van der Waals surface area contributed by atoms with E-state index >= 15 is 0 Å². The number of carbonyl (C=O) groups is 1. The van der Waals surface area contributed by atoms with Crippen LogP contribution in [0.15, 0.2) is 23.3 Å². The summed E-state index contributed by atoms with van der Waals surface area (Å²) in [6.07, 6.45) is 4.84. The number of carboxylic acid groups (broad SMARTS) is 1. The molecule has 3 heteroatoms. The smallest absolute Gasteiger partial charge is 0.332 e. The van der Waals surface area contributed by atoms with Crippen molar-refractivity contribution in [3.8, 4) is 0 Å². The summed E-state index contributed by atoms with van der Waals surface area (Å²) in [7, 11) is 0. The third-order valence-corrected chi connectivity index (χ3v) is 3.40. The number of rotatable bonds is 1. The number of carboxylic acids is 1. The Morgan fingerprint density at radius 1 is 1.57 bits per heavy atom. The second-order valence-electron chi connectivity index (χ2n) is 4.49. The molecule has 2 nitrogen and oxygen atoms in total. The molecule has 1 aliphatic carbocycles. The van der Waals surface area contributed by atoms with E-state index in [0.29, 0.717) is 5.57 Å². The Morgan fingerprint density at radius 3 is 2.50 bits per heavy atom. The van der Waals surface area contributed by atoms with E-state index in [9.17, 15) is 4.79 Å². The van der Waals surface area contributed by atoms with Crippen LogP contribution in [0.4, 0.5) is 0 Å². The molecule has 14 heavy (non-hydrogen) atoms. The lowest BCUT2D eigenvalue weighted by molar-refractivity contribution is -0.132. The minimum absolute atomic E-state index is 0.0892. The van der Waals surface area contributed by atoms with Crippen molar-refractivity contribution < 1.29 is 9.90 Å². The Labute approximate surface area is 98.2 Å². The quantitative estimate of drug-likeness (QED) is 0.597. The third-order valence-electron chi connectivity index (χ3n) is 2.27. The molecule has 0 fully saturated rings. The van der Waals surface area contributed by atoms with E-state index in [1.165, 1.54) is 0 Å². The fraction of sp³-hybridized carbons (Fsp3) is 0.545. The van der Waals surface area contributed by atoms with Crippen molar-refractivity contribution in [2.75, 3.05) is 0 Å². The minimum atomic E-state index is -0.779. The van der Waals surface area contributed by atoms with Gasteiger partial charge in [-0.3, -0.25) is 0 Å². The van der Waals surface area contributed by atoms with E-state index in [2.05, 4.69) is 28.7 Å². The van der Waals surface area contributed by atoms with Gasteiger partial charge in [-0.1, -0.05) is 55.5 Å². The van der Waals surface area contributed by atoms with Crippen LogP contribution in [0.3, 0.4) is 0 Å². The molecule has 0 heterocycles. The standard InChI is InChI=1S/C11H15IO2/c1-11(2,3)7-5-4-6-8(12)9(7)10(13)14/h4-5,8H,6H2,1-3H3,(H,13,14). The zero-order valence-electron chi connectivity index (χ0n) is 8.67. The van der Waals surface area contributed by atoms with Gasteiger partial charge in [-0.05, 0) is 17.4 Å². The molecule has 0 bridgehead atoms. The predicted molar refractivity (Wildman–Crippen MR) is 65.7 cm³/mol. The van der Waals surface area contributed by atoms with Crippen LogP contribution in [0.1, 0.15) is 27.2 Å². The number of aliphatic carboxylic acids is 1. The molecule has 0 aromatic carbocycles. The van der Waals surface area contributed by atoms with Crippen molar-refractivity contribution in [2.24, 2.45) is 5.41 Å². The van der Waals surface area contributed by atoms with Crippen molar-refractivity contribution in [3.05, 3.63) is 23.3 Å². The van der Waals surface area contributed by atoms with Gasteiger partial charge in [-0.15, -0.1) is 0 Å². The third kappa shape index (κ3) is 2.38. The molecule has 78 valence electrons. The Balaban J connectivity index is 3.24. The molecule has 0 saturated heterocycles. The first-order chi connectivity index (χ1) is 6.34. The van der Waals surface area contributed by atoms with Crippen molar-refractivity contribution in [3.63, 3.8) is 0 Å². The Hall–Kier alpha value is -0.320. The molecule has 0 radical (unpaired) electrons. The molecule has 0 spiro atoms. The van der Waals surface area contributed by atoms with Gasteiger partial charge in [0.15, 0.2) is 0 Å². The molecular formula is C11H15IO2. The van der Waals surface area contributed by atoms with Crippen LogP contribution >= 0.6 is 22.6 Å². The summed E-state index contributed by atoms with van der Waals surface area (Å²) in [4.78, 5) is 11.1. The fourth-order valence-corrected chi connectivity index (χ4v) is 2.48. The highest BCUT2D eigenvalue weighted by Crippen LogP contribution is 2.36. The second kappa shape index (κ2) is 4.04. The molecule has 1 unspecified atom stereocenters. The highest BCUT2D eigenvalue weighted by molar-refractivity contribution is 14.1. The van der Waals surface area contributed by atoms with E-state index in [-0.39, 0.29) is 9.34 Å². The van der Waals surface area contributed by atoms with Gasteiger partial charge in [-0.25, -0.2) is 4.79 Å². The molecule has 1 rings (SSSR count). The lowest BCUT2D eigenvalue weighted by Crippen LogP contribution is -2.22. The molecule has 1 aliphatic rings. The Kier molecular flexibility index (Phi) is 3.40. The largest absolute Gasteiger partial charge is 0.478 e. The van der Waals surface area contributed by atoms with E-state index in [1.54, 1.807) is 0 Å². The maximum absolute atomic E-state index is 11.1. The number of hydrogen-bond donors (Lipinski definition) is 1. The molecule has 1 atom stereocenters. The van der Waals surface area contributed by atoms with Gasteiger partial charge < -0.3 is 5.11 Å². The first-order valence-corrected chi connectivity index (χ1v) is 5.87. The normalized spacial score (nSPS) is 22.7. The molecule has 1 N–H and O–H groups in total. The highest BCUT2D eigenvalue weighted by Gasteiger charge is 2.29. The Morgan fingerprint density at radius 2 is 2.14 bits per heavy atom. The van der Waals surface area contributed by atoms with Gasteiger partial charge in [0, 0.05) is 3.92 Å². The van der Waals surface area contributed by atoms with Crippen LogP contribution in [-0.2, 0) is 4.79 Å². The molecular weight excluding hydrogens is 291 g/mol. The minimum Gasteiger partial charge on any atom is -0.478 e. The number of halogens is 1. The second-order valence-corrected chi connectivity index (χ2v) is 5.99. The molecule has 0 aromatic rings. The number of alkyl halides is 1. The van der Waals surface area contributed by atoms with Crippen molar-refractivity contribution >= 4 is 28.6 Å². The van der Waals surface area contributed by atoms with Gasteiger partial charge in [0.25, 0.3) is 0 Å². The SMILES string of the molecule is CC(C)(C)C1=C(C(=O)O)C(I)CC=C1. The summed E-state index contributed by atoms with van der Waals surface area (Å²) in [6, 6.07) is 0. The maximum atomic E-state index is 11.1. The van der Waals surface area contributed by atoms with Gasteiger partial charge in [-0.2, -0.15) is 0 Å². The topological polar surface area (TPSA) is 37.3 Å². The summed E-state index contributed by atoms with van der Waals surface area (Å²) >= 11 is 2.20. The fourth-order valence-electron chi connectivity index (χ4n) is 1.58. The highest BCUT2D eigenvalue weighted by atomic mass is 127. The summed E-state index contributed by atoms with van der Waals surface area (Å²) in [5, 5.41) is 9.15. The summed E-state index contributed by atoms with van der Waals surface area (Å²) in [5.74, 6) is -0.779. The van der Waals surface area contributed by atoms with E-state index in [1.807, 2.05) is 26.8 Å². The van der Waals surface area contributed by atoms with E-state index in [4.69, 9.17) is 5.11 Å². The lowest BCUT2D eigenvalue weighted by atomic mass is 9.80. The molecule has 0 amide bonds. The van der Waals surface area contributed by atoms with Gasteiger partial charge >= 0.3 is 5.97 Å². The van der Waals surface area contributed by atoms with Gasteiger partial charge in [0.2, 0.25) is 0 Å². The van der Waals surface area contributed by atoms with E-state index < -0.39 is 5.97 Å². The number of hydrogen-bond acceptors (Lipinski definition) is 1. The zero-order chi connectivity index (χ0) is 10.9. The molecule has 0 aliphatic heterocycles. The van der Waals surface area contributed by atoms with Crippen LogP contribution in [0.5, 0.6) is 0 Å². The average Bonchev–Trinajstić information content (AvgIpc) is 2.01. The summed E-state index contributed by atoms with van der Waals surface area (Å²) in [6.45, 7) is 6.14. The van der Waals surface area contributed by atoms with Gasteiger partial charge in [0.1, 0.15) is 0 Å². The first-order valence-electron chi connectivity index (χ1n) is 4.62. The molecule has 0 saturated carbocycles. The van der Waals surface area contributed by atoms with Crippen molar-refractivity contribution in [2.45, 2.75) is 31.1 Å². The lowest BCUT2D eigenvalue weighted by Gasteiger charge is -2.27. The Bertz CT molecular complexity index is 308. The van der Waals surface area contributed by atoms with Crippen LogP contribution in [0.25, 0.3) is 0 Å². The van der Waals surface area contributed by atoms with Crippen LogP contribution in [0.2, 0.25) is 0 Å². The first kappa shape index (κ1) is 11.8. The van der Waals surface area contributed by atoms with Crippen LogP contribution < -0.4 is 0 Å². The average molecular weight is 306 g/mol. The van der Waals surface area contributed by atoms with Crippen LogP contribution in [-0.4, -0.2) is 15.0 Å². The van der Waals surface area contributed by atoms with E-state index in [0.717, 1.165) is 12.0 Å². The summed E-state index contributed by atoms with van der Waals surface area (Å²) in [5.41, 5.74) is 1.44. The number of allylic oxidation sites excluding steroid dienone is 3. The molecule has 0 aromatic heterocycles. The zero-order valence-corrected chi connectivity index (χ0v) is 10.8. The maximum Gasteiger partial charge on any atom is 0.332 e. The van der Waals surface area contributed by atoms with Crippen LogP contribution in [0, 0.1) is 5.41 Å². The summed E-state index contributed by atoms with van der Waals surface area (Å²) < 4.78 is 0.101.